The number of amides is 1. The van der Waals surface area contributed by atoms with E-state index in [2.05, 4.69) is 17.3 Å². The maximum absolute atomic E-state index is 13.2. The monoisotopic (exact) mass is 447 g/mol. The standard InChI is InChI=1S/C21H29N5O2S2/c1-8-9-10-26-20(28)16-11(2)14(5)29-19(16)23-21(26)30-15(6)18(27)22-17-12(3)24-25(7)13(17)4/h15H,8-10H2,1-7H3,(H,22,27). The molecule has 162 valence electrons. The number of fused-ring (bicyclic) bond motifs is 1. The second kappa shape index (κ2) is 8.93. The Morgan fingerprint density at radius 1 is 1.27 bits per heavy atom. The number of unbranched alkanes of at least 4 members (excludes halogenated alkanes) is 1. The van der Waals surface area contributed by atoms with Crippen LogP contribution in [0, 0.1) is 27.7 Å². The third-order valence-corrected chi connectivity index (χ3v) is 7.59. The topological polar surface area (TPSA) is 81.8 Å². The van der Waals surface area contributed by atoms with E-state index >= 15 is 0 Å². The Labute approximate surface area is 184 Å². The summed E-state index contributed by atoms with van der Waals surface area (Å²) in [6, 6.07) is 0. The zero-order valence-electron chi connectivity index (χ0n) is 18.6. The van der Waals surface area contributed by atoms with Gasteiger partial charge in [-0.3, -0.25) is 18.8 Å². The van der Waals surface area contributed by atoms with Crippen LogP contribution < -0.4 is 10.9 Å². The number of nitrogens with one attached hydrogen (secondary N) is 1. The SMILES string of the molecule is CCCCn1c(SC(C)C(=O)Nc2c(C)nn(C)c2C)nc2sc(C)c(C)c2c1=O. The summed E-state index contributed by atoms with van der Waals surface area (Å²) in [6.07, 6.45) is 1.86. The van der Waals surface area contributed by atoms with Crippen LogP contribution in [-0.2, 0) is 18.4 Å². The number of hydrogen-bond donors (Lipinski definition) is 1. The van der Waals surface area contributed by atoms with Gasteiger partial charge < -0.3 is 5.32 Å². The molecule has 1 atom stereocenters. The average molecular weight is 448 g/mol. The lowest BCUT2D eigenvalue weighted by Crippen LogP contribution is -2.27. The van der Waals surface area contributed by atoms with Crippen LogP contribution in [0.5, 0.6) is 0 Å². The van der Waals surface area contributed by atoms with Gasteiger partial charge in [-0.2, -0.15) is 5.10 Å². The van der Waals surface area contributed by atoms with E-state index in [1.165, 1.54) is 23.1 Å². The minimum Gasteiger partial charge on any atom is -0.322 e. The van der Waals surface area contributed by atoms with E-state index in [0.717, 1.165) is 45.2 Å². The number of carbonyl (C=O) groups is 1. The molecule has 0 aliphatic carbocycles. The van der Waals surface area contributed by atoms with Crippen LogP contribution in [0.1, 0.15) is 48.5 Å². The zero-order chi connectivity index (χ0) is 22.2. The normalized spacial score (nSPS) is 12.5. The highest BCUT2D eigenvalue weighted by atomic mass is 32.2. The minimum atomic E-state index is -0.414. The molecule has 1 unspecified atom stereocenters. The van der Waals surface area contributed by atoms with E-state index in [9.17, 15) is 9.59 Å². The van der Waals surface area contributed by atoms with E-state index in [1.54, 1.807) is 9.25 Å². The van der Waals surface area contributed by atoms with Crippen LogP contribution in [-0.4, -0.2) is 30.5 Å². The first-order chi connectivity index (χ1) is 14.1. The van der Waals surface area contributed by atoms with Gasteiger partial charge in [0.15, 0.2) is 5.16 Å². The summed E-state index contributed by atoms with van der Waals surface area (Å²) < 4.78 is 3.49. The van der Waals surface area contributed by atoms with Gasteiger partial charge in [0, 0.05) is 18.5 Å². The first-order valence-electron chi connectivity index (χ1n) is 10.1. The van der Waals surface area contributed by atoms with Crippen molar-refractivity contribution < 1.29 is 4.79 Å². The number of carbonyl (C=O) groups excluding carboxylic acids is 1. The molecule has 0 saturated heterocycles. The lowest BCUT2D eigenvalue weighted by Gasteiger charge is -2.16. The lowest BCUT2D eigenvalue weighted by molar-refractivity contribution is -0.115. The molecule has 0 aliphatic rings. The van der Waals surface area contributed by atoms with Crippen LogP contribution in [0.2, 0.25) is 0 Å². The zero-order valence-corrected chi connectivity index (χ0v) is 20.3. The predicted octanol–water partition coefficient (Wildman–Crippen LogP) is 4.34. The lowest BCUT2D eigenvalue weighted by atomic mass is 10.2. The van der Waals surface area contributed by atoms with Crippen molar-refractivity contribution in [3.8, 4) is 0 Å². The fourth-order valence-corrected chi connectivity index (χ4v) is 5.31. The van der Waals surface area contributed by atoms with Crippen molar-refractivity contribution in [2.45, 2.75) is 71.3 Å². The van der Waals surface area contributed by atoms with E-state index in [4.69, 9.17) is 4.98 Å². The number of rotatable bonds is 7. The molecule has 3 aromatic heterocycles. The molecule has 0 aromatic carbocycles. The fourth-order valence-electron chi connectivity index (χ4n) is 3.30. The fraction of sp³-hybridized carbons (Fsp3) is 0.524. The van der Waals surface area contributed by atoms with Gasteiger partial charge in [-0.05, 0) is 46.6 Å². The molecule has 0 spiro atoms. The Hall–Kier alpha value is -2.13. The number of aromatic nitrogens is 4. The molecule has 0 fully saturated rings. The Balaban J connectivity index is 1.93. The van der Waals surface area contributed by atoms with Crippen LogP contribution >= 0.6 is 23.1 Å². The van der Waals surface area contributed by atoms with E-state index < -0.39 is 5.25 Å². The molecule has 1 amide bonds. The third-order valence-electron chi connectivity index (χ3n) is 5.40. The third kappa shape index (κ3) is 4.18. The van der Waals surface area contributed by atoms with Gasteiger partial charge in [0.1, 0.15) is 4.83 Å². The predicted molar refractivity (Wildman–Crippen MR) is 125 cm³/mol. The van der Waals surface area contributed by atoms with Crippen molar-refractivity contribution in [1.82, 2.24) is 19.3 Å². The maximum atomic E-state index is 13.2. The Kier molecular flexibility index (Phi) is 6.71. The molecule has 1 N–H and O–H groups in total. The maximum Gasteiger partial charge on any atom is 0.263 e. The molecule has 7 nitrogen and oxygen atoms in total. The van der Waals surface area contributed by atoms with Crippen LogP contribution in [0.25, 0.3) is 10.2 Å². The molecule has 30 heavy (non-hydrogen) atoms. The first kappa shape index (κ1) is 22.6. The van der Waals surface area contributed by atoms with Crippen molar-refractivity contribution in [3.05, 3.63) is 32.2 Å². The van der Waals surface area contributed by atoms with Gasteiger partial charge in [0.25, 0.3) is 5.56 Å². The Morgan fingerprint density at radius 2 is 1.97 bits per heavy atom. The summed E-state index contributed by atoms with van der Waals surface area (Å²) in [5.41, 5.74) is 3.42. The van der Waals surface area contributed by atoms with Crippen LogP contribution in [0.4, 0.5) is 5.69 Å². The highest BCUT2D eigenvalue weighted by Gasteiger charge is 2.23. The molecule has 0 radical (unpaired) electrons. The van der Waals surface area contributed by atoms with Crippen molar-refractivity contribution >= 4 is 44.9 Å². The summed E-state index contributed by atoms with van der Waals surface area (Å²) in [7, 11) is 1.85. The van der Waals surface area contributed by atoms with Gasteiger partial charge in [0.2, 0.25) is 5.91 Å². The second-order valence-electron chi connectivity index (χ2n) is 7.59. The smallest absolute Gasteiger partial charge is 0.263 e. The van der Waals surface area contributed by atoms with Gasteiger partial charge in [-0.25, -0.2) is 4.98 Å². The minimum absolute atomic E-state index is 0.00986. The van der Waals surface area contributed by atoms with Crippen LogP contribution in [0.3, 0.4) is 0 Å². The number of aryl methyl sites for hydroxylation is 4. The molecule has 9 heteroatoms. The number of thioether (sulfide) groups is 1. The van der Waals surface area contributed by atoms with Crippen molar-refractivity contribution in [2.75, 3.05) is 5.32 Å². The average Bonchev–Trinajstić information content (AvgIpc) is 3.10. The summed E-state index contributed by atoms with van der Waals surface area (Å²) in [5, 5.41) is 8.23. The van der Waals surface area contributed by atoms with Crippen molar-refractivity contribution in [3.63, 3.8) is 0 Å². The highest BCUT2D eigenvalue weighted by Crippen LogP contribution is 2.30. The molecular formula is C21H29N5O2S2. The van der Waals surface area contributed by atoms with Crippen molar-refractivity contribution in [1.29, 1.82) is 0 Å². The molecule has 0 saturated carbocycles. The van der Waals surface area contributed by atoms with Gasteiger partial charge in [-0.1, -0.05) is 25.1 Å². The van der Waals surface area contributed by atoms with Gasteiger partial charge in [-0.15, -0.1) is 11.3 Å². The quantitative estimate of drug-likeness (QED) is 0.430. The van der Waals surface area contributed by atoms with E-state index in [0.29, 0.717) is 17.1 Å². The van der Waals surface area contributed by atoms with E-state index in [1.807, 2.05) is 41.7 Å². The number of nitrogens with zero attached hydrogens (tertiary/aromatic N) is 4. The van der Waals surface area contributed by atoms with Gasteiger partial charge in [0.05, 0.1) is 27.7 Å². The first-order valence-corrected chi connectivity index (χ1v) is 11.8. The highest BCUT2D eigenvalue weighted by molar-refractivity contribution is 8.00. The molecule has 0 bridgehead atoms. The second-order valence-corrected chi connectivity index (χ2v) is 10.1. The van der Waals surface area contributed by atoms with Crippen LogP contribution in [0.15, 0.2) is 9.95 Å². The van der Waals surface area contributed by atoms with E-state index in [-0.39, 0.29) is 11.5 Å². The van der Waals surface area contributed by atoms with Gasteiger partial charge >= 0.3 is 0 Å². The summed E-state index contributed by atoms with van der Waals surface area (Å²) in [5.74, 6) is -0.130. The molecule has 3 aromatic rings. The Bertz CT molecular complexity index is 1160. The van der Waals surface area contributed by atoms with Crippen molar-refractivity contribution in [2.24, 2.45) is 7.05 Å². The largest absolute Gasteiger partial charge is 0.322 e. The summed E-state index contributed by atoms with van der Waals surface area (Å²) in [4.78, 5) is 32.7. The molecular weight excluding hydrogens is 418 g/mol. The number of anilines is 1. The molecule has 3 rings (SSSR count). The summed E-state index contributed by atoms with van der Waals surface area (Å²) >= 11 is 2.86. The summed E-state index contributed by atoms with van der Waals surface area (Å²) in [6.45, 7) is 12.3. The number of thiophene rings is 1. The molecule has 0 aliphatic heterocycles. The Morgan fingerprint density at radius 3 is 2.57 bits per heavy atom. The molecule has 3 heterocycles. The number of hydrogen-bond acceptors (Lipinski definition) is 6.